The van der Waals surface area contributed by atoms with E-state index >= 15 is 0 Å². The smallest absolute Gasteiger partial charge is 0.0447 e. The topological polar surface area (TPSA) is 38.9 Å². The number of unbranched alkanes of at least 4 members (excludes halogenated alkanes) is 1. The monoisotopic (exact) mass is 234 g/mol. The first kappa shape index (κ1) is 14.2. The Kier molecular flexibility index (Phi) is 6.20. The Labute approximate surface area is 106 Å². The van der Waals surface area contributed by atoms with Crippen molar-refractivity contribution in [3.05, 3.63) is 30.1 Å². The van der Waals surface area contributed by atoms with E-state index in [4.69, 9.17) is 5.73 Å². The van der Waals surface area contributed by atoms with Crippen LogP contribution in [0.15, 0.2) is 24.4 Å². The maximum atomic E-state index is 6.40. The highest BCUT2D eigenvalue weighted by molar-refractivity contribution is 5.11. The maximum Gasteiger partial charge on any atom is 0.0447 e. The molecular weight excluding hydrogens is 208 g/mol. The molecule has 1 aromatic heterocycles. The van der Waals surface area contributed by atoms with Gasteiger partial charge >= 0.3 is 0 Å². The van der Waals surface area contributed by atoms with E-state index < -0.39 is 0 Å². The Morgan fingerprint density at radius 1 is 1.29 bits per heavy atom. The third-order valence-corrected chi connectivity index (χ3v) is 3.73. The first-order chi connectivity index (χ1) is 8.20. The predicted molar refractivity (Wildman–Crippen MR) is 73.9 cm³/mol. The molecule has 0 saturated carbocycles. The summed E-state index contributed by atoms with van der Waals surface area (Å²) in [6.07, 6.45) is 6.79. The van der Waals surface area contributed by atoms with Gasteiger partial charge in [-0.3, -0.25) is 4.98 Å². The van der Waals surface area contributed by atoms with Gasteiger partial charge in [-0.25, -0.2) is 0 Å². The molecule has 0 aliphatic rings. The minimum absolute atomic E-state index is 0.224. The molecule has 0 aliphatic carbocycles. The zero-order valence-electron chi connectivity index (χ0n) is 11.4. The number of nitrogens with two attached hydrogens (primary N) is 1. The zero-order valence-corrected chi connectivity index (χ0v) is 11.4. The molecule has 0 aliphatic heterocycles. The molecule has 3 unspecified atom stereocenters. The van der Waals surface area contributed by atoms with E-state index in [1.54, 1.807) is 0 Å². The Balaban J connectivity index is 2.63. The molecule has 2 N–H and O–H groups in total. The predicted octanol–water partition coefficient (Wildman–Crippen LogP) is 3.73. The highest BCUT2D eigenvalue weighted by atomic mass is 14.7. The fourth-order valence-electron chi connectivity index (χ4n) is 2.39. The first-order valence-electron chi connectivity index (χ1n) is 6.87. The van der Waals surface area contributed by atoms with Crippen molar-refractivity contribution in [2.24, 2.45) is 11.7 Å². The fourth-order valence-corrected chi connectivity index (χ4v) is 2.39. The van der Waals surface area contributed by atoms with Crippen molar-refractivity contribution in [2.75, 3.05) is 0 Å². The molecule has 1 aromatic rings. The van der Waals surface area contributed by atoms with Crippen molar-refractivity contribution in [2.45, 2.75) is 58.4 Å². The Morgan fingerprint density at radius 3 is 2.59 bits per heavy atom. The molecule has 96 valence electrons. The number of nitrogens with zero attached hydrogens (tertiary/aromatic N) is 1. The normalized spacial score (nSPS) is 16.5. The van der Waals surface area contributed by atoms with E-state index in [1.807, 2.05) is 18.3 Å². The highest BCUT2D eigenvalue weighted by Crippen LogP contribution is 2.26. The van der Waals surface area contributed by atoms with E-state index in [-0.39, 0.29) is 6.04 Å². The van der Waals surface area contributed by atoms with Crippen molar-refractivity contribution in [3.63, 3.8) is 0 Å². The van der Waals surface area contributed by atoms with Crippen molar-refractivity contribution in [1.29, 1.82) is 0 Å². The fraction of sp³-hybridized carbons (Fsp3) is 0.667. The molecule has 0 aromatic carbocycles. The molecule has 0 bridgehead atoms. The van der Waals surface area contributed by atoms with Crippen molar-refractivity contribution < 1.29 is 0 Å². The van der Waals surface area contributed by atoms with Gasteiger partial charge in [-0.15, -0.1) is 0 Å². The van der Waals surface area contributed by atoms with Crippen LogP contribution in [-0.4, -0.2) is 11.0 Å². The Morgan fingerprint density at radius 2 is 2.06 bits per heavy atom. The van der Waals surface area contributed by atoms with Gasteiger partial charge in [0.1, 0.15) is 0 Å². The van der Waals surface area contributed by atoms with Gasteiger partial charge in [0.25, 0.3) is 0 Å². The van der Waals surface area contributed by atoms with E-state index in [2.05, 4.69) is 31.8 Å². The lowest BCUT2D eigenvalue weighted by Gasteiger charge is -2.27. The molecule has 17 heavy (non-hydrogen) atoms. The summed E-state index contributed by atoms with van der Waals surface area (Å²) in [4.78, 5) is 4.42. The van der Waals surface area contributed by atoms with Crippen molar-refractivity contribution >= 4 is 0 Å². The van der Waals surface area contributed by atoms with Gasteiger partial charge in [-0.2, -0.15) is 0 Å². The van der Waals surface area contributed by atoms with Gasteiger partial charge in [0, 0.05) is 23.9 Å². The third-order valence-electron chi connectivity index (χ3n) is 3.73. The average Bonchev–Trinajstić information content (AvgIpc) is 2.39. The number of aromatic nitrogens is 1. The minimum atomic E-state index is 0.224. The third kappa shape index (κ3) is 4.12. The van der Waals surface area contributed by atoms with Crippen LogP contribution in [-0.2, 0) is 0 Å². The molecule has 2 nitrogen and oxygen atoms in total. The van der Waals surface area contributed by atoms with Crippen LogP contribution in [0.25, 0.3) is 0 Å². The number of hydrogen-bond acceptors (Lipinski definition) is 2. The lowest BCUT2D eigenvalue weighted by atomic mass is 9.83. The second-order valence-electron chi connectivity index (χ2n) is 4.93. The average molecular weight is 234 g/mol. The van der Waals surface area contributed by atoms with Gasteiger partial charge in [0.2, 0.25) is 0 Å². The molecule has 0 spiro atoms. The standard InChI is InChI=1S/C15H26N2/c1-4-6-9-13(5-2)15(16)12(3)14-10-7-8-11-17-14/h7-8,10-13,15H,4-6,9,16H2,1-3H3. The lowest BCUT2D eigenvalue weighted by Crippen LogP contribution is -2.35. The molecule has 1 rings (SSSR count). The van der Waals surface area contributed by atoms with E-state index in [9.17, 15) is 0 Å². The first-order valence-corrected chi connectivity index (χ1v) is 6.87. The van der Waals surface area contributed by atoms with Gasteiger partial charge in [0.15, 0.2) is 0 Å². The molecule has 0 radical (unpaired) electrons. The molecule has 0 fully saturated rings. The number of hydrogen-bond donors (Lipinski definition) is 1. The maximum absolute atomic E-state index is 6.40. The van der Waals surface area contributed by atoms with Crippen LogP contribution >= 0.6 is 0 Å². The summed E-state index contributed by atoms with van der Waals surface area (Å²) in [7, 11) is 0. The van der Waals surface area contributed by atoms with Gasteiger partial charge in [0.05, 0.1) is 0 Å². The van der Waals surface area contributed by atoms with Crippen LogP contribution in [0.5, 0.6) is 0 Å². The Hall–Kier alpha value is -0.890. The molecule has 0 saturated heterocycles. The highest BCUT2D eigenvalue weighted by Gasteiger charge is 2.23. The second kappa shape index (κ2) is 7.44. The van der Waals surface area contributed by atoms with E-state index in [0.717, 1.165) is 5.69 Å². The van der Waals surface area contributed by atoms with Crippen molar-refractivity contribution in [3.8, 4) is 0 Å². The summed E-state index contributed by atoms with van der Waals surface area (Å²) < 4.78 is 0. The van der Waals surface area contributed by atoms with Gasteiger partial charge in [-0.05, 0) is 24.5 Å². The van der Waals surface area contributed by atoms with Crippen LogP contribution < -0.4 is 5.73 Å². The van der Waals surface area contributed by atoms with Crippen molar-refractivity contribution in [1.82, 2.24) is 4.98 Å². The zero-order chi connectivity index (χ0) is 12.7. The van der Waals surface area contributed by atoms with Crippen LogP contribution in [0.2, 0.25) is 0 Å². The number of rotatable bonds is 7. The minimum Gasteiger partial charge on any atom is -0.327 e. The summed E-state index contributed by atoms with van der Waals surface area (Å²) in [5.41, 5.74) is 7.53. The van der Waals surface area contributed by atoms with Crippen LogP contribution in [0.4, 0.5) is 0 Å². The molecule has 3 atom stereocenters. The second-order valence-corrected chi connectivity index (χ2v) is 4.93. The summed E-state index contributed by atoms with van der Waals surface area (Å²) in [6, 6.07) is 6.30. The van der Waals surface area contributed by atoms with E-state index in [1.165, 1.54) is 25.7 Å². The SMILES string of the molecule is CCCCC(CC)C(N)C(C)c1ccccn1. The molecule has 2 heteroatoms. The van der Waals surface area contributed by atoms with Gasteiger partial charge in [-0.1, -0.05) is 46.1 Å². The molecule has 0 amide bonds. The summed E-state index contributed by atoms with van der Waals surface area (Å²) in [6.45, 7) is 6.67. The van der Waals surface area contributed by atoms with Crippen LogP contribution in [0.1, 0.15) is 58.1 Å². The quantitative estimate of drug-likeness (QED) is 0.780. The van der Waals surface area contributed by atoms with Crippen LogP contribution in [0, 0.1) is 5.92 Å². The Bertz CT molecular complexity index is 297. The summed E-state index contributed by atoms with van der Waals surface area (Å²) in [5, 5.41) is 0. The molecular formula is C15H26N2. The summed E-state index contributed by atoms with van der Waals surface area (Å²) >= 11 is 0. The lowest BCUT2D eigenvalue weighted by molar-refractivity contribution is 0.335. The van der Waals surface area contributed by atoms with Crippen LogP contribution in [0.3, 0.4) is 0 Å². The largest absolute Gasteiger partial charge is 0.327 e. The van der Waals surface area contributed by atoms with E-state index in [0.29, 0.717) is 11.8 Å². The van der Waals surface area contributed by atoms with Gasteiger partial charge < -0.3 is 5.73 Å². The molecule has 1 heterocycles. The number of pyridine rings is 1. The summed E-state index contributed by atoms with van der Waals surface area (Å²) in [5.74, 6) is 0.963.